The molecule has 1 atom stereocenters. The molecule has 6 heteroatoms. The molecule has 0 aliphatic carbocycles. The van der Waals surface area contributed by atoms with Gasteiger partial charge in [-0.1, -0.05) is 30.3 Å². The summed E-state index contributed by atoms with van der Waals surface area (Å²) in [6, 6.07) is 9.45. The van der Waals surface area contributed by atoms with Crippen LogP contribution in [0.3, 0.4) is 0 Å². The lowest BCUT2D eigenvalue weighted by Gasteiger charge is -2.13. The molecule has 1 aromatic heterocycles. The standard InChI is InChI=1S/C15H18N4O2/c1-10(11-7-5-4-6-8-11)14(20)17-13-12(9-16-18-13)15(21)19(2)3/h4-10H,1-3H3,(H2,16,17,18,20)/t10-/m1/s1. The van der Waals surface area contributed by atoms with E-state index in [1.54, 1.807) is 14.1 Å². The van der Waals surface area contributed by atoms with E-state index in [9.17, 15) is 9.59 Å². The number of nitrogens with one attached hydrogen (secondary N) is 2. The molecule has 0 aliphatic heterocycles. The van der Waals surface area contributed by atoms with Crippen LogP contribution in [0, 0.1) is 0 Å². The number of carbonyl (C=O) groups excluding carboxylic acids is 2. The average Bonchev–Trinajstić information content (AvgIpc) is 2.94. The van der Waals surface area contributed by atoms with Crippen molar-refractivity contribution in [3.63, 3.8) is 0 Å². The fraction of sp³-hybridized carbons (Fsp3) is 0.267. The molecule has 110 valence electrons. The largest absolute Gasteiger partial charge is 0.345 e. The van der Waals surface area contributed by atoms with E-state index in [0.717, 1.165) is 5.56 Å². The summed E-state index contributed by atoms with van der Waals surface area (Å²) in [5.74, 6) is -0.414. The number of hydrogen-bond donors (Lipinski definition) is 2. The molecule has 6 nitrogen and oxygen atoms in total. The third-order valence-corrected chi connectivity index (χ3v) is 3.22. The molecule has 2 N–H and O–H groups in total. The number of aromatic amines is 1. The molecule has 0 bridgehead atoms. The van der Waals surface area contributed by atoms with Crippen LogP contribution in [0.4, 0.5) is 5.82 Å². The van der Waals surface area contributed by atoms with Crippen LogP contribution in [0.1, 0.15) is 28.8 Å². The number of amides is 2. The highest BCUT2D eigenvalue weighted by Gasteiger charge is 2.20. The molecule has 21 heavy (non-hydrogen) atoms. The fourth-order valence-corrected chi connectivity index (χ4v) is 1.91. The highest BCUT2D eigenvalue weighted by atomic mass is 16.2. The Labute approximate surface area is 123 Å². The van der Waals surface area contributed by atoms with Gasteiger partial charge in [0.2, 0.25) is 5.91 Å². The minimum Gasteiger partial charge on any atom is -0.345 e. The van der Waals surface area contributed by atoms with Crippen molar-refractivity contribution in [2.45, 2.75) is 12.8 Å². The van der Waals surface area contributed by atoms with Crippen LogP contribution in [-0.2, 0) is 4.79 Å². The molecule has 0 unspecified atom stereocenters. The topological polar surface area (TPSA) is 78.1 Å². The van der Waals surface area contributed by atoms with Gasteiger partial charge >= 0.3 is 0 Å². The summed E-state index contributed by atoms with van der Waals surface area (Å²) in [7, 11) is 3.29. The predicted molar refractivity (Wildman–Crippen MR) is 80.1 cm³/mol. The molecule has 1 heterocycles. The summed E-state index contributed by atoms with van der Waals surface area (Å²) in [5, 5.41) is 9.19. The van der Waals surface area contributed by atoms with E-state index in [4.69, 9.17) is 0 Å². The lowest BCUT2D eigenvalue weighted by Crippen LogP contribution is -2.24. The van der Waals surface area contributed by atoms with Gasteiger partial charge in [0.05, 0.1) is 12.1 Å². The van der Waals surface area contributed by atoms with Crippen molar-refractivity contribution >= 4 is 17.6 Å². The van der Waals surface area contributed by atoms with Crippen molar-refractivity contribution in [3.8, 4) is 0 Å². The molecule has 0 fully saturated rings. The van der Waals surface area contributed by atoms with Crippen LogP contribution < -0.4 is 5.32 Å². The van der Waals surface area contributed by atoms with E-state index >= 15 is 0 Å². The van der Waals surface area contributed by atoms with Gasteiger partial charge in [-0.05, 0) is 12.5 Å². The summed E-state index contributed by atoms with van der Waals surface area (Å²) in [5.41, 5.74) is 1.25. The normalized spacial score (nSPS) is 11.8. The Morgan fingerprint density at radius 2 is 1.90 bits per heavy atom. The van der Waals surface area contributed by atoms with Crippen molar-refractivity contribution in [3.05, 3.63) is 47.7 Å². The number of anilines is 1. The lowest BCUT2D eigenvalue weighted by atomic mass is 10.0. The Morgan fingerprint density at radius 3 is 2.52 bits per heavy atom. The second-order valence-corrected chi connectivity index (χ2v) is 4.98. The number of rotatable bonds is 4. The first-order chi connectivity index (χ1) is 10.0. The molecule has 2 rings (SSSR count). The molecule has 1 aromatic carbocycles. The van der Waals surface area contributed by atoms with Gasteiger partial charge in [0.15, 0.2) is 0 Å². The van der Waals surface area contributed by atoms with Crippen LogP contribution in [0.2, 0.25) is 0 Å². The molecular formula is C15H18N4O2. The first-order valence-electron chi connectivity index (χ1n) is 6.61. The fourth-order valence-electron chi connectivity index (χ4n) is 1.91. The summed E-state index contributed by atoms with van der Waals surface area (Å²) < 4.78 is 0. The van der Waals surface area contributed by atoms with Gasteiger partial charge in [0.25, 0.3) is 5.91 Å². The van der Waals surface area contributed by atoms with Crippen molar-refractivity contribution in [2.75, 3.05) is 19.4 Å². The van der Waals surface area contributed by atoms with Gasteiger partial charge in [0, 0.05) is 14.1 Å². The SMILES string of the molecule is C[C@@H](C(=O)Nc1[nH]ncc1C(=O)N(C)C)c1ccccc1. The molecule has 2 amide bonds. The molecule has 0 radical (unpaired) electrons. The second-order valence-electron chi connectivity index (χ2n) is 4.98. The quantitative estimate of drug-likeness (QED) is 0.900. The number of hydrogen-bond acceptors (Lipinski definition) is 3. The molecule has 2 aromatic rings. The lowest BCUT2D eigenvalue weighted by molar-refractivity contribution is -0.117. The first kappa shape index (κ1) is 14.8. The highest BCUT2D eigenvalue weighted by molar-refractivity contribution is 6.03. The number of nitrogens with zero attached hydrogens (tertiary/aromatic N) is 2. The molecular weight excluding hydrogens is 268 g/mol. The van der Waals surface area contributed by atoms with Gasteiger partial charge in [-0.25, -0.2) is 0 Å². The Bertz CT molecular complexity index is 634. The zero-order valence-corrected chi connectivity index (χ0v) is 12.3. The van der Waals surface area contributed by atoms with Crippen LogP contribution >= 0.6 is 0 Å². The maximum absolute atomic E-state index is 12.3. The Morgan fingerprint density at radius 1 is 1.24 bits per heavy atom. The van der Waals surface area contributed by atoms with Crippen LogP contribution in [0.25, 0.3) is 0 Å². The Hall–Kier alpha value is -2.63. The van der Waals surface area contributed by atoms with Crippen molar-refractivity contribution in [1.82, 2.24) is 15.1 Å². The molecule has 0 saturated heterocycles. The summed E-state index contributed by atoms with van der Waals surface area (Å²) >= 11 is 0. The van der Waals surface area contributed by atoms with E-state index in [1.807, 2.05) is 37.3 Å². The monoisotopic (exact) mass is 286 g/mol. The van der Waals surface area contributed by atoms with E-state index in [2.05, 4.69) is 15.5 Å². The van der Waals surface area contributed by atoms with Gasteiger partial charge in [0.1, 0.15) is 11.4 Å². The van der Waals surface area contributed by atoms with Crippen LogP contribution in [0.5, 0.6) is 0 Å². The van der Waals surface area contributed by atoms with Gasteiger partial charge in [-0.15, -0.1) is 0 Å². The molecule has 0 aliphatic rings. The minimum absolute atomic E-state index is 0.196. The molecule has 0 saturated carbocycles. The van der Waals surface area contributed by atoms with E-state index in [0.29, 0.717) is 11.4 Å². The minimum atomic E-state index is -0.322. The third-order valence-electron chi connectivity index (χ3n) is 3.22. The number of H-pyrrole nitrogens is 1. The number of aromatic nitrogens is 2. The molecule has 0 spiro atoms. The summed E-state index contributed by atoms with van der Waals surface area (Å²) in [6.07, 6.45) is 1.41. The number of benzene rings is 1. The van der Waals surface area contributed by atoms with Crippen LogP contribution in [0.15, 0.2) is 36.5 Å². The predicted octanol–water partition coefficient (Wildman–Crippen LogP) is 1.85. The summed E-state index contributed by atoms with van der Waals surface area (Å²) in [4.78, 5) is 25.7. The van der Waals surface area contributed by atoms with Crippen molar-refractivity contribution in [2.24, 2.45) is 0 Å². The van der Waals surface area contributed by atoms with Gasteiger partial charge < -0.3 is 10.2 Å². The Balaban J connectivity index is 2.14. The van der Waals surface area contributed by atoms with Crippen molar-refractivity contribution < 1.29 is 9.59 Å². The van der Waals surface area contributed by atoms with Crippen LogP contribution in [-0.4, -0.2) is 41.0 Å². The Kier molecular flexibility index (Phi) is 4.37. The zero-order valence-electron chi connectivity index (χ0n) is 12.3. The van der Waals surface area contributed by atoms with Gasteiger partial charge in [-0.2, -0.15) is 5.10 Å². The maximum Gasteiger partial charge on any atom is 0.258 e. The smallest absolute Gasteiger partial charge is 0.258 e. The highest BCUT2D eigenvalue weighted by Crippen LogP contribution is 2.19. The maximum atomic E-state index is 12.3. The second kappa shape index (κ2) is 6.21. The van der Waals surface area contributed by atoms with E-state index in [1.165, 1.54) is 11.1 Å². The van der Waals surface area contributed by atoms with E-state index < -0.39 is 0 Å². The summed E-state index contributed by atoms with van der Waals surface area (Å²) in [6.45, 7) is 1.81. The average molecular weight is 286 g/mol. The van der Waals surface area contributed by atoms with Gasteiger partial charge in [-0.3, -0.25) is 14.7 Å². The van der Waals surface area contributed by atoms with E-state index in [-0.39, 0.29) is 17.7 Å². The zero-order chi connectivity index (χ0) is 15.4. The third kappa shape index (κ3) is 3.28. The number of carbonyl (C=O) groups is 2. The van der Waals surface area contributed by atoms with Crippen molar-refractivity contribution in [1.29, 1.82) is 0 Å². The first-order valence-corrected chi connectivity index (χ1v) is 6.61.